The summed E-state index contributed by atoms with van der Waals surface area (Å²) in [6, 6.07) is 10.5. The van der Waals surface area contributed by atoms with Crippen molar-refractivity contribution in [1.29, 1.82) is 0 Å². The Morgan fingerprint density at radius 1 is 1.21 bits per heavy atom. The van der Waals surface area contributed by atoms with Crippen LogP contribution in [0.3, 0.4) is 0 Å². The zero-order valence-electron chi connectivity index (χ0n) is 12.9. The number of nitrogens with one attached hydrogen (secondary N) is 1. The molecule has 0 fully saturated rings. The van der Waals surface area contributed by atoms with Gasteiger partial charge >= 0.3 is 0 Å². The summed E-state index contributed by atoms with van der Waals surface area (Å²) in [5.74, 6) is 0.660. The fourth-order valence-electron chi connectivity index (χ4n) is 1.85. The van der Waals surface area contributed by atoms with Crippen molar-refractivity contribution < 1.29 is 4.74 Å². The maximum atomic E-state index is 5.81. The Labute approximate surface area is 118 Å². The third kappa shape index (κ3) is 7.34. The topological polar surface area (TPSA) is 21.3 Å². The summed E-state index contributed by atoms with van der Waals surface area (Å²) < 4.78 is 5.81. The molecule has 1 aromatic rings. The van der Waals surface area contributed by atoms with Crippen molar-refractivity contribution in [3.8, 4) is 0 Å². The van der Waals surface area contributed by atoms with Crippen molar-refractivity contribution in [3.63, 3.8) is 0 Å². The molecular weight excluding hydrogens is 234 g/mol. The average molecular weight is 263 g/mol. The van der Waals surface area contributed by atoms with Crippen molar-refractivity contribution in [3.05, 3.63) is 35.9 Å². The normalized spacial score (nSPS) is 13.5. The van der Waals surface area contributed by atoms with Gasteiger partial charge in [-0.05, 0) is 11.5 Å². The Hall–Kier alpha value is -0.860. The van der Waals surface area contributed by atoms with Gasteiger partial charge in [0.1, 0.15) is 0 Å². The second kappa shape index (κ2) is 8.34. The average Bonchev–Trinajstić information content (AvgIpc) is 2.39. The Morgan fingerprint density at radius 2 is 1.89 bits per heavy atom. The van der Waals surface area contributed by atoms with E-state index in [9.17, 15) is 0 Å². The van der Waals surface area contributed by atoms with E-state index in [4.69, 9.17) is 4.74 Å². The highest BCUT2D eigenvalue weighted by molar-refractivity contribution is 5.14. The van der Waals surface area contributed by atoms with Crippen LogP contribution in [0.1, 0.15) is 39.7 Å². The SMILES string of the molecule is CCC(C)COCC(C)(C)CNCc1ccccc1. The molecular formula is C17H29NO. The van der Waals surface area contributed by atoms with E-state index < -0.39 is 0 Å². The van der Waals surface area contributed by atoms with Crippen LogP contribution < -0.4 is 5.32 Å². The van der Waals surface area contributed by atoms with E-state index in [1.807, 2.05) is 0 Å². The zero-order valence-corrected chi connectivity index (χ0v) is 12.9. The molecule has 0 saturated carbocycles. The molecule has 1 unspecified atom stereocenters. The van der Waals surface area contributed by atoms with Crippen molar-refractivity contribution >= 4 is 0 Å². The van der Waals surface area contributed by atoms with Gasteiger partial charge in [-0.2, -0.15) is 0 Å². The molecule has 0 amide bonds. The lowest BCUT2D eigenvalue weighted by molar-refractivity contribution is 0.0427. The molecule has 0 radical (unpaired) electrons. The minimum absolute atomic E-state index is 0.183. The quantitative estimate of drug-likeness (QED) is 0.730. The van der Waals surface area contributed by atoms with Gasteiger partial charge in [-0.1, -0.05) is 64.4 Å². The van der Waals surface area contributed by atoms with Gasteiger partial charge in [0.05, 0.1) is 6.61 Å². The molecule has 1 aromatic carbocycles. The standard InChI is InChI=1S/C17H29NO/c1-5-15(2)12-19-14-17(3,4)13-18-11-16-9-7-6-8-10-16/h6-10,15,18H,5,11-14H2,1-4H3. The Balaban J connectivity index is 2.19. The summed E-state index contributed by atoms with van der Waals surface area (Å²) >= 11 is 0. The first-order valence-electron chi connectivity index (χ1n) is 7.36. The molecule has 2 nitrogen and oxygen atoms in total. The molecule has 0 spiro atoms. The highest BCUT2D eigenvalue weighted by Crippen LogP contribution is 2.15. The molecule has 108 valence electrons. The first-order chi connectivity index (χ1) is 9.03. The summed E-state index contributed by atoms with van der Waals surface area (Å²) in [5.41, 5.74) is 1.52. The van der Waals surface area contributed by atoms with E-state index >= 15 is 0 Å². The van der Waals surface area contributed by atoms with Gasteiger partial charge < -0.3 is 10.1 Å². The molecule has 0 aromatic heterocycles. The number of hydrogen-bond donors (Lipinski definition) is 1. The third-order valence-corrected chi connectivity index (χ3v) is 3.37. The molecule has 1 N–H and O–H groups in total. The highest BCUT2D eigenvalue weighted by Gasteiger charge is 2.18. The molecule has 0 bridgehead atoms. The fraction of sp³-hybridized carbons (Fsp3) is 0.647. The molecule has 19 heavy (non-hydrogen) atoms. The van der Waals surface area contributed by atoms with Crippen LogP contribution in [0.25, 0.3) is 0 Å². The maximum absolute atomic E-state index is 5.81. The van der Waals surface area contributed by atoms with E-state index in [0.717, 1.165) is 26.3 Å². The van der Waals surface area contributed by atoms with E-state index in [2.05, 4.69) is 63.3 Å². The van der Waals surface area contributed by atoms with E-state index in [1.165, 1.54) is 12.0 Å². The summed E-state index contributed by atoms with van der Waals surface area (Å²) in [6.07, 6.45) is 1.19. The monoisotopic (exact) mass is 263 g/mol. The van der Waals surface area contributed by atoms with Gasteiger partial charge in [0.15, 0.2) is 0 Å². The number of rotatable bonds is 9. The minimum Gasteiger partial charge on any atom is -0.381 e. The predicted molar refractivity (Wildman–Crippen MR) is 82.2 cm³/mol. The first kappa shape index (κ1) is 16.2. The Bertz CT molecular complexity index is 334. The van der Waals surface area contributed by atoms with Crippen molar-refractivity contribution in [1.82, 2.24) is 5.32 Å². The van der Waals surface area contributed by atoms with Crippen LogP contribution in [0.5, 0.6) is 0 Å². The molecule has 0 heterocycles. The highest BCUT2D eigenvalue weighted by atomic mass is 16.5. The second-order valence-corrected chi connectivity index (χ2v) is 6.28. The summed E-state index contributed by atoms with van der Waals surface area (Å²) in [7, 11) is 0. The summed E-state index contributed by atoms with van der Waals surface area (Å²) in [6.45, 7) is 12.5. The third-order valence-electron chi connectivity index (χ3n) is 3.37. The number of ether oxygens (including phenoxy) is 1. The van der Waals surface area contributed by atoms with Crippen molar-refractivity contribution in [2.45, 2.75) is 40.7 Å². The lowest BCUT2D eigenvalue weighted by Crippen LogP contribution is -2.33. The van der Waals surface area contributed by atoms with Gasteiger partial charge in [-0.3, -0.25) is 0 Å². The first-order valence-corrected chi connectivity index (χ1v) is 7.36. The van der Waals surface area contributed by atoms with Crippen LogP contribution in [0, 0.1) is 11.3 Å². The van der Waals surface area contributed by atoms with E-state index in [0.29, 0.717) is 5.92 Å². The van der Waals surface area contributed by atoms with E-state index in [-0.39, 0.29) is 5.41 Å². The fourth-order valence-corrected chi connectivity index (χ4v) is 1.85. The van der Waals surface area contributed by atoms with Crippen LogP contribution in [0.4, 0.5) is 0 Å². The molecule has 1 rings (SSSR count). The second-order valence-electron chi connectivity index (χ2n) is 6.28. The molecule has 0 aliphatic carbocycles. The van der Waals surface area contributed by atoms with Crippen LogP contribution in [0.2, 0.25) is 0 Å². The maximum Gasteiger partial charge on any atom is 0.0529 e. The number of hydrogen-bond acceptors (Lipinski definition) is 2. The predicted octanol–water partition coefficient (Wildman–Crippen LogP) is 3.87. The minimum atomic E-state index is 0.183. The summed E-state index contributed by atoms with van der Waals surface area (Å²) in [4.78, 5) is 0. The van der Waals surface area contributed by atoms with Crippen LogP contribution in [-0.4, -0.2) is 19.8 Å². The molecule has 2 heteroatoms. The molecule has 0 saturated heterocycles. The van der Waals surface area contributed by atoms with E-state index in [1.54, 1.807) is 0 Å². The largest absolute Gasteiger partial charge is 0.381 e. The molecule has 0 aliphatic heterocycles. The van der Waals surface area contributed by atoms with Crippen molar-refractivity contribution in [2.75, 3.05) is 19.8 Å². The van der Waals surface area contributed by atoms with Crippen LogP contribution >= 0.6 is 0 Å². The lowest BCUT2D eigenvalue weighted by atomic mass is 9.94. The van der Waals surface area contributed by atoms with Crippen LogP contribution in [0.15, 0.2) is 30.3 Å². The lowest BCUT2D eigenvalue weighted by Gasteiger charge is -2.25. The van der Waals surface area contributed by atoms with Crippen LogP contribution in [-0.2, 0) is 11.3 Å². The van der Waals surface area contributed by atoms with Gasteiger partial charge in [-0.25, -0.2) is 0 Å². The Morgan fingerprint density at radius 3 is 2.53 bits per heavy atom. The number of benzene rings is 1. The van der Waals surface area contributed by atoms with Gasteiger partial charge in [0.25, 0.3) is 0 Å². The smallest absolute Gasteiger partial charge is 0.0529 e. The molecule has 1 atom stereocenters. The van der Waals surface area contributed by atoms with Gasteiger partial charge in [0.2, 0.25) is 0 Å². The van der Waals surface area contributed by atoms with Gasteiger partial charge in [-0.15, -0.1) is 0 Å². The zero-order chi connectivity index (χ0) is 14.1. The van der Waals surface area contributed by atoms with Gasteiger partial charge in [0, 0.05) is 25.1 Å². The summed E-state index contributed by atoms with van der Waals surface area (Å²) in [5, 5.41) is 3.51. The molecule has 0 aliphatic rings. The Kier molecular flexibility index (Phi) is 7.11. The van der Waals surface area contributed by atoms with Crippen molar-refractivity contribution in [2.24, 2.45) is 11.3 Å².